The fraction of sp³-hybridized carbons (Fsp3) is 0.458. The molecular formula is C24H35IN4O3. The molecule has 1 fully saturated rings. The second kappa shape index (κ2) is 13.4. The fourth-order valence-corrected chi connectivity index (χ4v) is 3.89. The number of benzene rings is 2. The van der Waals surface area contributed by atoms with E-state index in [1.54, 1.807) is 28.4 Å². The van der Waals surface area contributed by atoms with Crippen molar-refractivity contribution >= 4 is 29.9 Å². The van der Waals surface area contributed by atoms with Gasteiger partial charge in [-0.3, -0.25) is 9.89 Å². The summed E-state index contributed by atoms with van der Waals surface area (Å²) in [6.45, 7) is 3.78. The highest BCUT2D eigenvalue weighted by molar-refractivity contribution is 14.0. The number of ether oxygens (including phenoxy) is 3. The van der Waals surface area contributed by atoms with Crippen LogP contribution in [-0.2, 0) is 13.1 Å². The van der Waals surface area contributed by atoms with Gasteiger partial charge in [-0.05, 0) is 36.1 Å². The lowest BCUT2D eigenvalue weighted by atomic mass is 10.0. The van der Waals surface area contributed by atoms with Gasteiger partial charge in [-0.2, -0.15) is 0 Å². The first-order valence-corrected chi connectivity index (χ1v) is 10.7. The van der Waals surface area contributed by atoms with Crippen LogP contribution in [0.1, 0.15) is 24.0 Å². The zero-order chi connectivity index (χ0) is 22.1. The summed E-state index contributed by atoms with van der Waals surface area (Å²) in [6, 6.07) is 15.0. The highest BCUT2D eigenvalue weighted by Crippen LogP contribution is 2.38. The van der Waals surface area contributed by atoms with Crippen LogP contribution in [0.2, 0.25) is 0 Å². The molecule has 0 aliphatic carbocycles. The maximum Gasteiger partial charge on any atom is 0.203 e. The first-order chi connectivity index (χ1) is 15.2. The van der Waals surface area contributed by atoms with E-state index in [1.807, 2.05) is 12.1 Å². The number of hydrogen-bond acceptors (Lipinski definition) is 5. The molecule has 2 N–H and O–H groups in total. The quantitative estimate of drug-likeness (QED) is 0.295. The summed E-state index contributed by atoms with van der Waals surface area (Å²) in [4.78, 5) is 6.91. The molecule has 32 heavy (non-hydrogen) atoms. The predicted octanol–water partition coefficient (Wildman–Crippen LogP) is 3.66. The lowest BCUT2D eigenvalue weighted by Crippen LogP contribution is -2.48. The molecule has 1 aliphatic rings. The standard InChI is InChI=1S/C24H34N4O3.HI/c1-25-24(26-16-19-14-21(29-2)23(31-4)22(15-19)30-3)27-20-10-12-28(13-11-20)17-18-8-6-5-7-9-18;/h5-9,14-15,20H,10-13,16-17H2,1-4H3,(H2,25,26,27);1H. The molecule has 1 saturated heterocycles. The van der Waals surface area contributed by atoms with Gasteiger partial charge in [-0.1, -0.05) is 30.3 Å². The van der Waals surface area contributed by atoms with Crippen LogP contribution in [0.25, 0.3) is 0 Å². The van der Waals surface area contributed by atoms with Gasteiger partial charge in [0.1, 0.15) is 0 Å². The van der Waals surface area contributed by atoms with Crippen molar-refractivity contribution in [1.29, 1.82) is 0 Å². The molecule has 8 heteroatoms. The van der Waals surface area contributed by atoms with Crippen LogP contribution in [0, 0.1) is 0 Å². The molecule has 0 saturated carbocycles. The largest absolute Gasteiger partial charge is 0.493 e. The molecule has 1 aliphatic heterocycles. The number of likely N-dealkylation sites (tertiary alicyclic amines) is 1. The third-order valence-electron chi connectivity index (χ3n) is 5.59. The topological polar surface area (TPSA) is 67.4 Å². The van der Waals surface area contributed by atoms with Gasteiger partial charge in [-0.15, -0.1) is 24.0 Å². The van der Waals surface area contributed by atoms with E-state index >= 15 is 0 Å². The number of hydrogen-bond donors (Lipinski definition) is 2. The van der Waals surface area contributed by atoms with Crippen molar-refractivity contribution in [3.05, 3.63) is 53.6 Å². The maximum absolute atomic E-state index is 5.44. The van der Waals surface area contributed by atoms with Crippen LogP contribution in [-0.4, -0.2) is 58.4 Å². The van der Waals surface area contributed by atoms with Crippen LogP contribution in [0.5, 0.6) is 17.2 Å². The smallest absolute Gasteiger partial charge is 0.203 e. The van der Waals surface area contributed by atoms with Gasteiger partial charge in [-0.25, -0.2) is 0 Å². The number of nitrogens with one attached hydrogen (secondary N) is 2. The van der Waals surface area contributed by atoms with Crippen molar-refractivity contribution in [2.45, 2.75) is 32.0 Å². The molecular weight excluding hydrogens is 519 g/mol. The van der Waals surface area contributed by atoms with Gasteiger partial charge < -0.3 is 24.8 Å². The summed E-state index contributed by atoms with van der Waals surface area (Å²) in [5, 5.41) is 6.96. The summed E-state index contributed by atoms with van der Waals surface area (Å²) in [5.41, 5.74) is 2.40. The Hall–Kier alpha value is -2.20. The van der Waals surface area contributed by atoms with Crippen molar-refractivity contribution in [3.63, 3.8) is 0 Å². The fourth-order valence-electron chi connectivity index (χ4n) is 3.89. The summed E-state index contributed by atoms with van der Waals surface area (Å²) in [5.74, 6) is 2.69. The molecule has 0 radical (unpaired) electrons. The Kier molecular flexibility index (Phi) is 10.9. The highest BCUT2D eigenvalue weighted by atomic mass is 127. The third-order valence-corrected chi connectivity index (χ3v) is 5.59. The molecule has 0 bridgehead atoms. The molecule has 0 amide bonds. The Balaban J connectivity index is 0.00000363. The molecule has 1 heterocycles. The van der Waals surface area contributed by atoms with Crippen LogP contribution in [0.15, 0.2) is 47.5 Å². The Bertz CT molecular complexity index is 831. The number of halogens is 1. The monoisotopic (exact) mass is 554 g/mol. The number of nitrogens with zero attached hydrogens (tertiary/aromatic N) is 2. The third kappa shape index (κ3) is 7.16. The van der Waals surface area contributed by atoms with E-state index in [0.717, 1.165) is 44.0 Å². The van der Waals surface area contributed by atoms with E-state index in [9.17, 15) is 0 Å². The molecule has 0 aromatic heterocycles. The minimum Gasteiger partial charge on any atom is -0.493 e. The average Bonchev–Trinajstić information content (AvgIpc) is 2.82. The van der Waals surface area contributed by atoms with Crippen LogP contribution in [0.4, 0.5) is 0 Å². The summed E-state index contributed by atoms with van der Waals surface area (Å²) >= 11 is 0. The van der Waals surface area contributed by atoms with Gasteiger partial charge in [0, 0.05) is 39.3 Å². The molecule has 0 unspecified atom stereocenters. The number of aliphatic imine (C=N–C) groups is 1. The Morgan fingerprint density at radius 1 is 0.969 bits per heavy atom. The van der Waals surface area contributed by atoms with Crippen molar-refractivity contribution in [1.82, 2.24) is 15.5 Å². The van der Waals surface area contributed by atoms with E-state index in [1.165, 1.54) is 5.56 Å². The SMILES string of the molecule is CN=C(NCc1cc(OC)c(OC)c(OC)c1)NC1CCN(Cc2ccccc2)CC1.I. The number of guanidine groups is 1. The Morgan fingerprint density at radius 3 is 2.12 bits per heavy atom. The zero-order valence-corrected chi connectivity index (χ0v) is 21.7. The van der Waals surface area contributed by atoms with E-state index in [0.29, 0.717) is 29.8 Å². The molecule has 2 aromatic carbocycles. The minimum absolute atomic E-state index is 0. The van der Waals surface area contributed by atoms with Crippen molar-refractivity contribution in [2.75, 3.05) is 41.5 Å². The lowest BCUT2D eigenvalue weighted by molar-refractivity contribution is 0.198. The van der Waals surface area contributed by atoms with Gasteiger partial charge in [0.2, 0.25) is 5.75 Å². The van der Waals surface area contributed by atoms with Gasteiger partial charge in [0.05, 0.1) is 21.3 Å². The van der Waals surface area contributed by atoms with E-state index < -0.39 is 0 Å². The van der Waals surface area contributed by atoms with Gasteiger partial charge in [0.15, 0.2) is 17.5 Å². The van der Waals surface area contributed by atoms with Crippen LogP contribution >= 0.6 is 24.0 Å². The minimum atomic E-state index is 0. The summed E-state index contributed by atoms with van der Waals surface area (Å²) in [6.07, 6.45) is 2.19. The van der Waals surface area contributed by atoms with E-state index in [-0.39, 0.29) is 24.0 Å². The molecule has 0 atom stereocenters. The number of piperidine rings is 1. The normalized spacial score (nSPS) is 14.9. The second-order valence-corrected chi connectivity index (χ2v) is 7.64. The van der Waals surface area contributed by atoms with Gasteiger partial charge >= 0.3 is 0 Å². The lowest BCUT2D eigenvalue weighted by Gasteiger charge is -2.33. The first-order valence-electron chi connectivity index (χ1n) is 10.7. The Labute approximate surface area is 208 Å². The predicted molar refractivity (Wildman–Crippen MR) is 140 cm³/mol. The van der Waals surface area contributed by atoms with E-state index in [2.05, 4.69) is 50.9 Å². The number of methoxy groups -OCH3 is 3. The zero-order valence-electron chi connectivity index (χ0n) is 19.4. The molecule has 3 rings (SSSR count). The highest BCUT2D eigenvalue weighted by Gasteiger charge is 2.20. The molecule has 176 valence electrons. The van der Waals surface area contributed by atoms with Crippen LogP contribution in [0.3, 0.4) is 0 Å². The maximum atomic E-state index is 5.44. The first kappa shape index (κ1) is 26.1. The Morgan fingerprint density at radius 2 is 1.59 bits per heavy atom. The molecule has 0 spiro atoms. The van der Waals surface area contributed by atoms with Gasteiger partial charge in [0.25, 0.3) is 0 Å². The number of rotatable bonds is 8. The summed E-state index contributed by atoms with van der Waals surface area (Å²) in [7, 11) is 6.66. The van der Waals surface area contributed by atoms with Crippen molar-refractivity contribution < 1.29 is 14.2 Å². The average molecular weight is 554 g/mol. The van der Waals surface area contributed by atoms with E-state index in [4.69, 9.17) is 14.2 Å². The second-order valence-electron chi connectivity index (χ2n) is 7.64. The van der Waals surface area contributed by atoms with Crippen molar-refractivity contribution in [2.24, 2.45) is 4.99 Å². The summed E-state index contributed by atoms with van der Waals surface area (Å²) < 4.78 is 16.3. The van der Waals surface area contributed by atoms with Crippen LogP contribution < -0.4 is 24.8 Å². The molecule has 7 nitrogen and oxygen atoms in total. The molecule has 2 aromatic rings. The van der Waals surface area contributed by atoms with Crippen molar-refractivity contribution in [3.8, 4) is 17.2 Å².